The summed E-state index contributed by atoms with van der Waals surface area (Å²) in [5.74, 6) is 0.240. The normalized spacial score (nSPS) is 11.7. The Labute approximate surface area is 162 Å². The van der Waals surface area contributed by atoms with Gasteiger partial charge in [0.15, 0.2) is 0 Å². The molecular formula is C20H20ClN5O. The predicted octanol–water partition coefficient (Wildman–Crippen LogP) is 4.22. The maximum absolute atomic E-state index is 13.0. The molecule has 0 saturated carbocycles. The summed E-state index contributed by atoms with van der Waals surface area (Å²) in [7, 11) is 0. The van der Waals surface area contributed by atoms with E-state index in [9.17, 15) is 4.79 Å². The number of anilines is 2. The highest BCUT2D eigenvalue weighted by Gasteiger charge is 2.23. The van der Waals surface area contributed by atoms with Crippen molar-refractivity contribution in [2.75, 3.05) is 5.32 Å². The maximum atomic E-state index is 13.0. The molecule has 0 radical (unpaired) electrons. The van der Waals surface area contributed by atoms with Crippen LogP contribution in [0.3, 0.4) is 0 Å². The van der Waals surface area contributed by atoms with Gasteiger partial charge in [-0.05, 0) is 29.8 Å². The Morgan fingerprint density at radius 2 is 1.70 bits per heavy atom. The van der Waals surface area contributed by atoms with Crippen LogP contribution in [-0.4, -0.2) is 21.1 Å². The number of hydrogen-bond acceptors (Lipinski definition) is 5. The third kappa shape index (κ3) is 4.60. The zero-order valence-corrected chi connectivity index (χ0v) is 16.1. The highest BCUT2D eigenvalue weighted by molar-refractivity contribution is 6.30. The van der Waals surface area contributed by atoms with Crippen LogP contribution in [0, 0.1) is 0 Å². The highest BCUT2D eigenvalue weighted by atomic mass is 35.5. The lowest BCUT2D eigenvalue weighted by Crippen LogP contribution is -2.33. The number of rotatable bonds is 4. The van der Waals surface area contributed by atoms with Crippen LogP contribution in [0.4, 0.5) is 11.6 Å². The number of nitrogens with one attached hydrogen (secondary N) is 1. The number of benzene rings is 2. The summed E-state index contributed by atoms with van der Waals surface area (Å²) in [6, 6.07) is 16.6. The third-order valence-corrected chi connectivity index (χ3v) is 4.02. The van der Waals surface area contributed by atoms with Gasteiger partial charge in [-0.25, -0.2) is 0 Å². The molecule has 2 aromatic carbocycles. The Balaban J connectivity index is 2.06. The van der Waals surface area contributed by atoms with E-state index in [1.54, 1.807) is 18.3 Å². The van der Waals surface area contributed by atoms with E-state index in [-0.39, 0.29) is 11.5 Å². The number of para-hydroxylation sites is 1. The fraction of sp³-hybridized carbons (Fsp3) is 0.200. The van der Waals surface area contributed by atoms with Gasteiger partial charge in [-0.15, -0.1) is 10.2 Å². The molecule has 3 aromatic rings. The molecule has 0 aliphatic rings. The molecule has 0 spiro atoms. The first-order valence-electron chi connectivity index (χ1n) is 8.47. The van der Waals surface area contributed by atoms with E-state index in [1.807, 2.05) is 63.2 Å². The zero-order chi connectivity index (χ0) is 19.4. The first-order valence-corrected chi connectivity index (χ1v) is 8.84. The van der Waals surface area contributed by atoms with Gasteiger partial charge in [0.1, 0.15) is 5.69 Å². The molecule has 0 aliphatic carbocycles. The predicted molar refractivity (Wildman–Crippen MR) is 109 cm³/mol. The first-order chi connectivity index (χ1) is 12.8. The number of hydrogen-bond donors (Lipinski definition) is 1. The molecule has 0 saturated heterocycles. The number of aromatic nitrogens is 3. The summed E-state index contributed by atoms with van der Waals surface area (Å²) in [4.78, 5) is 13.0. The Bertz CT molecular complexity index is 1010. The Kier molecular flexibility index (Phi) is 5.37. The van der Waals surface area contributed by atoms with Crippen LogP contribution >= 0.6 is 11.6 Å². The lowest BCUT2D eigenvalue weighted by atomic mass is 9.93. The SMILES string of the molecule is CC(C)(C)c1nnc(Nc2ccccc2)n(/N=C/c2ccc(Cl)cc2)c1=O. The van der Waals surface area contributed by atoms with Gasteiger partial charge >= 0.3 is 0 Å². The molecule has 1 aromatic heterocycles. The Morgan fingerprint density at radius 1 is 1.04 bits per heavy atom. The molecule has 0 atom stereocenters. The molecular weight excluding hydrogens is 362 g/mol. The average molecular weight is 382 g/mol. The van der Waals surface area contributed by atoms with Gasteiger partial charge in [0.25, 0.3) is 11.5 Å². The molecule has 0 fully saturated rings. The van der Waals surface area contributed by atoms with Gasteiger partial charge in [0, 0.05) is 16.1 Å². The number of halogens is 1. The van der Waals surface area contributed by atoms with E-state index in [0.717, 1.165) is 11.3 Å². The molecule has 6 nitrogen and oxygen atoms in total. The molecule has 0 bridgehead atoms. The van der Waals surface area contributed by atoms with Crippen molar-refractivity contribution >= 4 is 29.5 Å². The summed E-state index contributed by atoms with van der Waals surface area (Å²) < 4.78 is 1.23. The van der Waals surface area contributed by atoms with Crippen molar-refractivity contribution in [3.8, 4) is 0 Å². The zero-order valence-electron chi connectivity index (χ0n) is 15.3. The summed E-state index contributed by atoms with van der Waals surface area (Å²) in [5.41, 5.74) is 1.17. The van der Waals surface area contributed by atoms with Crippen molar-refractivity contribution in [2.45, 2.75) is 26.2 Å². The molecule has 138 valence electrons. The Morgan fingerprint density at radius 3 is 2.33 bits per heavy atom. The summed E-state index contributed by atoms with van der Waals surface area (Å²) in [6.07, 6.45) is 1.59. The van der Waals surface area contributed by atoms with E-state index < -0.39 is 5.41 Å². The van der Waals surface area contributed by atoms with Crippen molar-refractivity contribution < 1.29 is 0 Å². The second-order valence-corrected chi connectivity index (χ2v) is 7.46. The van der Waals surface area contributed by atoms with Crippen molar-refractivity contribution in [3.05, 3.63) is 81.2 Å². The van der Waals surface area contributed by atoms with Crippen molar-refractivity contribution in [2.24, 2.45) is 5.10 Å². The van der Waals surface area contributed by atoms with Gasteiger partial charge in [-0.2, -0.15) is 9.78 Å². The monoisotopic (exact) mass is 381 g/mol. The van der Waals surface area contributed by atoms with Crippen molar-refractivity contribution in [1.82, 2.24) is 14.9 Å². The third-order valence-electron chi connectivity index (χ3n) is 3.77. The first kappa shape index (κ1) is 18.8. The second-order valence-electron chi connectivity index (χ2n) is 7.03. The van der Waals surface area contributed by atoms with E-state index in [1.165, 1.54) is 4.68 Å². The molecule has 7 heteroatoms. The molecule has 27 heavy (non-hydrogen) atoms. The summed E-state index contributed by atoms with van der Waals surface area (Å²) in [5, 5.41) is 16.4. The lowest BCUT2D eigenvalue weighted by Gasteiger charge is -2.17. The van der Waals surface area contributed by atoms with Gasteiger partial charge < -0.3 is 5.32 Å². The summed E-state index contributed by atoms with van der Waals surface area (Å²) in [6.45, 7) is 5.74. The fourth-order valence-electron chi connectivity index (χ4n) is 2.36. The molecule has 1 N–H and O–H groups in total. The standard InChI is InChI=1S/C20H20ClN5O/c1-20(2,3)17-18(27)26(22-13-14-9-11-15(21)12-10-14)19(25-24-17)23-16-7-5-4-6-8-16/h4-13H,1-3H3,(H,23,25)/b22-13+. The lowest BCUT2D eigenvalue weighted by molar-refractivity contribution is 0.534. The fourth-order valence-corrected chi connectivity index (χ4v) is 2.48. The Hall–Kier alpha value is -2.99. The molecule has 0 amide bonds. The molecule has 0 unspecified atom stereocenters. The van der Waals surface area contributed by atoms with E-state index in [0.29, 0.717) is 10.7 Å². The molecule has 3 rings (SSSR count). The van der Waals surface area contributed by atoms with Crippen LogP contribution in [0.5, 0.6) is 0 Å². The summed E-state index contributed by atoms with van der Waals surface area (Å²) >= 11 is 5.91. The van der Waals surface area contributed by atoms with Crippen molar-refractivity contribution in [1.29, 1.82) is 0 Å². The number of nitrogens with zero attached hydrogens (tertiary/aromatic N) is 4. The van der Waals surface area contributed by atoms with Gasteiger partial charge in [-0.1, -0.05) is 62.7 Å². The molecule has 0 aliphatic heterocycles. The average Bonchev–Trinajstić information content (AvgIpc) is 2.62. The van der Waals surface area contributed by atoms with Crippen LogP contribution < -0.4 is 10.9 Å². The quantitative estimate of drug-likeness (QED) is 0.687. The van der Waals surface area contributed by atoms with E-state index in [2.05, 4.69) is 20.6 Å². The highest BCUT2D eigenvalue weighted by Crippen LogP contribution is 2.18. The van der Waals surface area contributed by atoms with Gasteiger partial charge in [-0.3, -0.25) is 4.79 Å². The van der Waals surface area contributed by atoms with Crippen LogP contribution in [-0.2, 0) is 5.41 Å². The molecule has 1 heterocycles. The van der Waals surface area contributed by atoms with Crippen LogP contribution in [0.1, 0.15) is 32.0 Å². The van der Waals surface area contributed by atoms with Crippen LogP contribution in [0.25, 0.3) is 0 Å². The van der Waals surface area contributed by atoms with Crippen LogP contribution in [0.2, 0.25) is 5.02 Å². The minimum atomic E-state index is -0.451. The van der Waals surface area contributed by atoms with Gasteiger partial charge in [0.2, 0.25) is 0 Å². The smallest absolute Gasteiger partial charge is 0.298 e. The maximum Gasteiger partial charge on any atom is 0.298 e. The minimum absolute atomic E-state index is 0.240. The van der Waals surface area contributed by atoms with E-state index in [4.69, 9.17) is 11.6 Å². The largest absolute Gasteiger partial charge is 0.323 e. The topological polar surface area (TPSA) is 72.2 Å². The van der Waals surface area contributed by atoms with E-state index >= 15 is 0 Å². The second kappa shape index (κ2) is 7.72. The van der Waals surface area contributed by atoms with Gasteiger partial charge in [0.05, 0.1) is 6.21 Å². The van der Waals surface area contributed by atoms with Crippen LogP contribution in [0.15, 0.2) is 64.5 Å². The van der Waals surface area contributed by atoms with Crippen molar-refractivity contribution in [3.63, 3.8) is 0 Å². The minimum Gasteiger partial charge on any atom is -0.323 e.